The second-order valence-electron chi connectivity index (χ2n) is 5.17. The molecule has 1 aliphatic heterocycles. The first-order valence-corrected chi connectivity index (χ1v) is 6.96. The fourth-order valence-corrected chi connectivity index (χ4v) is 2.64. The van der Waals surface area contributed by atoms with Crippen molar-refractivity contribution >= 4 is 27.5 Å². The molecule has 1 saturated heterocycles. The van der Waals surface area contributed by atoms with Gasteiger partial charge in [-0.2, -0.15) is 0 Å². The third-order valence-electron chi connectivity index (χ3n) is 3.42. The van der Waals surface area contributed by atoms with E-state index in [2.05, 4.69) is 21.2 Å². The largest absolute Gasteiger partial charge is 0.379 e. The van der Waals surface area contributed by atoms with Crippen LogP contribution in [0.15, 0.2) is 16.6 Å². The second kappa shape index (κ2) is 5.49. The predicted molar refractivity (Wildman–Crippen MR) is 76.8 cm³/mol. The number of benzene rings is 1. The summed E-state index contributed by atoms with van der Waals surface area (Å²) in [5.74, 6) is -0.320. The van der Waals surface area contributed by atoms with Crippen LogP contribution in [0.2, 0.25) is 0 Å². The number of nitrogens with one attached hydrogen (secondary N) is 1. The Morgan fingerprint density at radius 1 is 1.55 bits per heavy atom. The number of nitro groups is 1. The molecule has 2 rings (SSSR count). The monoisotopic (exact) mass is 342 g/mol. The highest BCUT2D eigenvalue weighted by Crippen LogP contribution is 2.28. The van der Waals surface area contributed by atoms with Crippen LogP contribution in [0.5, 0.6) is 0 Å². The van der Waals surface area contributed by atoms with E-state index in [4.69, 9.17) is 4.74 Å². The molecule has 0 aliphatic carbocycles. The average molecular weight is 343 g/mol. The van der Waals surface area contributed by atoms with Crippen molar-refractivity contribution < 1.29 is 14.5 Å². The number of amides is 1. The molecule has 1 aliphatic rings. The number of nitro benzene ring substituents is 1. The van der Waals surface area contributed by atoms with E-state index in [1.54, 1.807) is 13.0 Å². The SMILES string of the molecule is Cc1c(C(=O)N[C@@]2(C)CCOC2)cc(Br)cc1[N+](=O)[O-]. The number of hydrogen-bond donors (Lipinski definition) is 1. The molecule has 1 fully saturated rings. The molecule has 0 saturated carbocycles. The van der Waals surface area contributed by atoms with Crippen LogP contribution in [0.1, 0.15) is 29.3 Å². The van der Waals surface area contributed by atoms with Crippen LogP contribution in [-0.2, 0) is 4.74 Å². The standard InChI is InChI=1S/C13H15BrN2O4/c1-8-10(5-9(14)6-11(8)16(18)19)12(17)15-13(2)3-4-20-7-13/h5-6H,3-4,7H2,1-2H3,(H,15,17)/t13-/m0/s1. The third-order valence-corrected chi connectivity index (χ3v) is 3.88. The number of carbonyl (C=O) groups excluding carboxylic acids is 1. The van der Waals surface area contributed by atoms with E-state index in [1.807, 2.05) is 6.92 Å². The van der Waals surface area contributed by atoms with Crippen molar-refractivity contribution in [2.24, 2.45) is 0 Å². The first kappa shape index (κ1) is 14.9. The summed E-state index contributed by atoms with van der Waals surface area (Å²) >= 11 is 3.20. The van der Waals surface area contributed by atoms with Gasteiger partial charge in [-0.05, 0) is 26.3 Å². The van der Waals surface area contributed by atoms with E-state index in [-0.39, 0.29) is 11.6 Å². The van der Waals surface area contributed by atoms with Gasteiger partial charge in [-0.3, -0.25) is 14.9 Å². The molecule has 6 nitrogen and oxygen atoms in total. The second-order valence-corrected chi connectivity index (χ2v) is 6.09. The molecule has 1 N–H and O–H groups in total. The van der Waals surface area contributed by atoms with Crippen molar-refractivity contribution in [2.75, 3.05) is 13.2 Å². The Bertz CT molecular complexity index is 568. The summed E-state index contributed by atoms with van der Waals surface area (Å²) in [7, 11) is 0. The van der Waals surface area contributed by atoms with Gasteiger partial charge in [-0.25, -0.2) is 0 Å². The molecule has 1 atom stereocenters. The van der Waals surface area contributed by atoms with E-state index in [1.165, 1.54) is 6.07 Å². The Hall–Kier alpha value is -1.47. The van der Waals surface area contributed by atoms with Crippen LogP contribution in [0.3, 0.4) is 0 Å². The average Bonchev–Trinajstić information content (AvgIpc) is 2.77. The molecule has 1 aromatic carbocycles. The van der Waals surface area contributed by atoms with Crippen molar-refractivity contribution in [1.82, 2.24) is 5.32 Å². The van der Waals surface area contributed by atoms with Crippen molar-refractivity contribution in [3.63, 3.8) is 0 Å². The maximum Gasteiger partial charge on any atom is 0.274 e. The van der Waals surface area contributed by atoms with Gasteiger partial charge in [0.25, 0.3) is 11.6 Å². The lowest BCUT2D eigenvalue weighted by Crippen LogP contribution is -2.46. The summed E-state index contributed by atoms with van der Waals surface area (Å²) in [5, 5.41) is 13.9. The Labute approximate surface area is 124 Å². The number of hydrogen-bond acceptors (Lipinski definition) is 4. The molecule has 0 spiro atoms. The van der Waals surface area contributed by atoms with Crippen molar-refractivity contribution in [3.05, 3.63) is 37.8 Å². The van der Waals surface area contributed by atoms with Crippen molar-refractivity contribution in [2.45, 2.75) is 25.8 Å². The molecular formula is C13H15BrN2O4. The highest BCUT2D eigenvalue weighted by molar-refractivity contribution is 9.10. The molecule has 20 heavy (non-hydrogen) atoms. The highest BCUT2D eigenvalue weighted by atomic mass is 79.9. The molecule has 0 radical (unpaired) electrons. The minimum absolute atomic E-state index is 0.0719. The fraction of sp³-hybridized carbons (Fsp3) is 0.462. The van der Waals surface area contributed by atoms with Crippen LogP contribution < -0.4 is 5.32 Å². The van der Waals surface area contributed by atoms with Crippen LogP contribution in [0, 0.1) is 17.0 Å². The maximum absolute atomic E-state index is 12.3. The lowest BCUT2D eigenvalue weighted by Gasteiger charge is -2.24. The molecular weight excluding hydrogens is 328 g/mol. The number of carbonyl (C=O) groups is 1. The van der Waals surface area contributed by atoms with Gasteiger partial charge in [-0.15, -0.1) is 0 Å². The Morgan fingerprint density at radius 2 is 2.25 bits per heavy atom. The fourth-order valence-electron chi connectivity index (χ4n) is 2.20. The zero-order valence-corrected chi connectivity index (χ0v) is 12.8. The summed E-state index contributed by atoms with van der Waals surface area (Å²) < 4.78 is 5.79. The van der Waals surface area contributed by atoms with Crippen LogP contribution >= 0.6 is 15.9 Å². The maximum atomic E-state index is 12.3. The molecule has 0 bridgehead atoms. The van der Waals surface area contributed by atoms with Crippen molar-refractivity contribution in [1.29, 1.82) is 0 Å². The van der Waals surface area contributed by atoms with Gasteiger partial charge in [-0.1, -0.05) is 15.9 Å². The molecule has 1 amide bonds. The number of rotatable bonds is 3. The molecule has 1 heterocycles. The third kappa shape index (κ3) is 2.99. The van der Waals surface area contributed by atoms with Crippen LogP contribution in [0.25, 0.3) is 0 Å². The molecule has 108 valence electrons. The van der Waals surface area contributed by atoms with Gasteiger partial charge in [0, 0.05) is 22.7 Å². The zero-order valence-electron chi connectivity index (χ0n) is 11.2. The zero-order chi connectivity index (χ0) is 14.9. The predicted octanol–water partition coefficient (Wildman–Crippen LogP) is 2.57. The van der Waals surface area contributed by atoms with Gasteiger partial charge in [0.05, 0.1) is 22.6 Å². The minimum Gasteiger partial charge on any atom is -0.379 e. The summed E-state index contributed by atoms with van der Waals surface area (Å²) in [6.07, 6.45) is 0.730. The molecule has 0 unspecified atom stereocenters. The van der Waals surface area contributed by atoms with E-state index < -0.39 is 10.5 Å². The smallest absolute Gasteiger partial charge is 0.274 e. The van der Waals surface area contributed by atoms with E-state index >= 15 is 0 Å². The van der Waals surface area contributed by atoms with E-state index in [0.717, 1.165) is 6.42 Å². The van der Waals surface area contributed by atoms with Gasteiger partial charge in [0.15, 0.2) is 0 Å². The van der Waals surface area contributed by atoms with E-state index in [0.29, 0.717) is 28.8 Å². The van der Waals surface area contributed by atoms with Crippen molar-refractivity contribution in [3.8, 4) is 0 Å². The van der Waals surface area contributed by atoms with Gasteiger partial charge >= 0.3 is 0 Å². The molecule has 1 aromatic rings. The molecule has 7 heteroatoms. The van der Waals surface area contributed by atoms with E-state index in [9.17, 15) is 14.9 Å². The van der Waals surface area contributed by atoms with Gasteiger partial charge in [0.1, 0.15) is 0 Å². The van der Waals surface area contributed by atoms with Crippen LogP contribution in [-0.4, -0.2) is 29.6 Å². The first-order valence-electron chi connectivity index (χ1n) is 6.17. The van der Waals surface area contributed by atoms with Crippen LogP contribution in [0.4, 0.5) is 5.69 Å². The summed E-state index contributed by atoms with van der Waals surface area (Å²) in [5.41, 5.74) is 0.176. The quantitative estimate of drug-likeness (QED) is 0.676. The number of halogens is 1. The molecule has 0 aromatic heterocycles. The minimum atomic E-state index is -0.489. The Morgan fingerprint density at radius 3 is 2.80 bits per heavy atom. The highest BCUT2D eigenvalue weighted by Gasteiger charge is 2.32. The lowest BCUT2D eigenvalue weighted by molar-refractivity contribution is -0.385. The summed E-state index contributed by atoms with van der Waals surface area (Å²) in [4.78, 5) is 22.8. The summed E-state index contributed by atoms with van der Waals surface area (Å²) in [6.45, 7) is 4.54. The Balaban J connectivity index is 2.32. The summed E-state index contributed by atoms with van der Waals surface area (Å²) in [6, 6.07) is 2.99. The number of ether oxygens (including phenoxy) is 1. The lowest BCUT2D eigenvalue weighted by atomic mass is 9.99. The topological polar surface area (TPSA) is 81.5 Å². The normalized spacial score (nSPS) is 21.8. The first-order chi connectivity index (χ1) is 9.32. The van der Waals surface area contributed by atoms with Gasteiger partial charge < -0.3 is 10.1 Å². The number of nitrogens with zero attached hydrogens (tertiary/aromatic N) is 1. The Kier molecular flexibility index (Phi) is 4.10. The van der Waals surface area contributed by atoms with Gasteiger partial charge in [0.2, 0.25) is 0 Å².